The Bertz CT molecular complexity index is 650. The average Bonchev–Trinajstić information content (AvgIpc) is 2.37. The molecule has 0 saturated heterocycles. The smallest absolute Gasteiger partial charge is 0.270 e. The lowest BCUT2D eigenvalue weighted by Gasteiger charge is -2.26. The number of carbonyl (C=O) groups excluding carboxylic acids is 1. The van der Waals surface area contributed by atoms with E-state index in [9.17, 15) is 23.3 Å². The van der Waals surface area contributed by atoms with Gasteiger partial charge in [-0.05, 0) is 19.9 Å². The number of hydrogen-bond donors (Lipinski definition) is 0. The summed E-state index contributed by atoms with van der Waals surface area (Å²) in [4.78, 5) is 23.0. The standard InChI is InChI=1S/C12H16N2O5S/c1-12(2,11(15)13(3)4)20(18,19)10-7-5-6-9(8-10)14(16)17/h5-8H,1-4H3. The van der Waals surface area contributed by atoms with Gasteiger partial charge in [-0.3, -0.25) is 14.9 Å². The van der Waals surface area contributed by atoms with Gasteiger partial charge in [0.2, 0.25) is 5.91 Å². The van der Waals surface area contributed by atoms with Gasteiger partial charge >= 0.3 is 0 Å². The molecule has 0 saturated carbocycles. The molecule has 0 bridgehead atoms. The second kappa shape index (κ2) is 5.20. The van der Waals surface area contributed by atoms with E-state index in [0.29, 0.717) is 0 Å². The first-order valence-electron chi connectivity index (χ1n) is 5.72. The third-order valence-electron chi connectivity index (χ3n) is 2.93. The Balaban J connectivity index is 3.40. The van der Waals surface area contributed by atoms with Gasteiger partial charge in [-0.1, -0.05) is 6.07 Å². The number of sulfone groups is 1. The first-order valence-corrected chi connectivity index (χ1v) is 7.21. The Morgan fingerprint density at radius 2 is 1.85 bits per heavy atom. The van der Waals surface area contributed by atoms with E-state index in [1.54, 1.807) is 0 Å². The fraction of sp³-hybridized carbons (Fsp3) is 0.417. The Kier molecular flexibility index (Phi) is 4.18. The molecule has 0 aliphatic heterocycles. The van der Waals surface area contributed by atoms with Gasteiger partial charge in [0, 0.05) is 26.2 Å². The second-order valence-corrected chi connectivity index (χ2v) is 7.47. The van der Waals surface area contributed by atoms with E-state index in [4.69, 9.17) is 0 Å². The minimum Gasteiger partial charge on any atom is -0.347 e. The molecule has 0 atom stereocenters. The molecule has 8 heteroatoms. The highest BCUT2D eigenvalue weighted by Crippen LogP contribution is 2.28. The first-order chi connectivity index (χ1) is 9.01. The average molecular weight is 300 g/mol. The Labute approximate surface area is 117 Å². The van der Waals surface area contributed by atoms with E-state index in [1.807, 2.05) is 0 Å². The fourth-order valence-corrected chi connectivity index (χ4v) is 3.25. The zero-order valence-corrected chi connectivity index (χ0v) is 12.5. The maximum absolute atomic E-state index is 12.5. The maximum Gasteiger partial charge on any atom is 0.270 e. The van der Waals surface area contributed by atoms with E-state index >= 15 is 0 Å². The van der Waals surface area contributed by atoms with Gasteiger partial charge in [0.15, 0.2) is 9.84 Å². The van der Waals surface area contributed by atoms with Gasteiger partial charge in [-0.15, -0.1) is 0 Å². The Morgan fingerprint density at radius 1 is 1.30 bits per heavy atom. The van der Waals surface area contributed by atoms with Crippen LogP contribution in [0.3, 0.4) is 0 Å². The van der Waals surface area contributed by atoms with Gasteiger partial charge in [0.05, 0.1) is 9.82 Å². The van der Waals surface area contributed by atoms with Crippen LogP contribution in [0.25, 0.3) is 0 Å². The number of rotatable bonds is 4. The van der Waals surface area contributed by atoms with E-state index in [-0.39, 0.29) is 10.6 Å². The summed E-state index contributed by atoms with van der Waals surface area (Å²) in [6.07, 6.45) is 0. The molecule has 1 rings (SSSR count). The largest absolute Gasteiger partial charge is 0.347 e. The number of carbonyl (C=O) groups is 1. The van der Waals surface area contributed by atoms with Crippen molar-refractivity contribution in [2.45, 2.75) is 23.5 Å². The number of nitrogens with zero attached hydrogens (tertiary/aromatic N) is 2. The van der Waals surface area contributed by atoms with Crippen LogP contribution >= 0.6 is 0 Å². The summed E-state index contributed by atoms with van der Waals surface area (Å²) in [6.45, 7) is 2.56. The molecule has 20 heavy (non-hydrogen) atoms. The molecule has 7 nitrogen and oxygen atoms in total. The molecule has 0 aromatic heterocycles. The summed E-state index contributed by atoms with van der Waals surface area (Å²) in [5.41, 5.74) is -0.334. The van der Waals surface area contributed by atoms with Gasteiger partial charge in [0.25, 0.3) is 5.69 Å². The third-order valence-corrected chi connectivity index (χ3v) is 5.32. The van der Waals surface area contributed by atoms with Crippen LogP contribution < -0.4 is 0 Å². The van der Waals surface area contributed by atoms with Crippen molar-refractivity contribution in [3.05, 3.63) is 34.4 Å². The molecule has 0 spiro atoms. The summed E-state index contributed by atoms with van der Waals surface area (Å²) in [5, 5.41) is 10.7. The van der Waals surface area contributed by atoms with E-state index in [1.165, 1.54) is 51.0 Å². The fourth-order valence-electron chi connectivity index (χ4n) is 1.71. The molecule has 0 aliphatic carbocycles. The predicted octanol–water partition coefficient (Wildman–Crippen LogP) is 1.24. The molecule has 0 heterocycles. The molecule has 0 N–H and O–H groups in total. The van der Waals surface area contributed by atoms with Crippen molar-refractivity contribution in [1.82, 2.24) is 4.90 Å². The lowest BCUT2D eigenvalue weighted by molar-refractivity contribution is -0.385. The van der Waals surface area contributed by atoms with Crippen molar-refractivity contribution in [3.63, 3.8) is 0 Å². The Hall–Kier alpha value is -1.96. The molecule has 1 aromatic carbocycles. The minimum absolute atomic E-state index is 0.244. The number of nitro groups is 1. The van der Waals surface area contributed by atoms with E-state index in [0.717, 1.165) is 6.07 Å². The molecule has 0 radical (unpaired) electrons. The lowest BCUT2D eigenvalue weighted by Crippen LogP contribution is -2.47. The molecule has 0 unspecified atom stereocenters. The highest BCUT2D eigenvalue weighted by atomic mass is 32.2. The van der Waals surface area contributed by atoms with Crippen molar-refractivity contribution < 1.29 is 18.1 Å². The maximum atomic E-state index is 12.5. The van der Waals surface area contributed by atoms with Crippen LogP contribution in [0, 0.1) is 10.1 Å². The Morgan fingerprint density at radius 3 is 2.30 bits per heavy atom. The first kappa shape index (κ1) is 16.1. The molecular weight excluding hydrogens is 284 g/mol. The van der Waals surface area contributed by atoms with Crippen molar-refractivity contribution in [3.8, 4) is 0 Å². The van der Waals surface area contributed by atoms with E-state index in [2.05, 4.69) is 0 Å². The summed E-state index contributed by atoms with van der Waals surface area (Å²) in [7, 11) is -1.13. The highest BCUT2D eigenvalue weighted by Gasteiger charge is 2.44. The lowest BCUT2D eigenvalue weighted by atomic mass is 10.2. The van der Waals surface area contributed by atoms with Crippen molar-refractivity contribution in [2.75, 3.05) is 14.1 Å². The normalized spacial score (nSPS) is 12.0. The number of hydrogen-bond acceptors (Lipinski definition) is 5. The molecular formula is C12H16N2O5S. The molecule has 1 aromatic rings. The van der Waals surface area contributed by atoms with Crippen LogP contribution in [0.5, 0.6) is 0 Å². The molecule has 110 valence electrons. The summed E-state index contributed by atoms with van der Waals surface area (Å²) >= 11 is 0. The highest BCUT2D eigenvalue weighted by molar-refractivity contribution is 7.93. The zero-order valence-electron chi connectivity index (χ0n) is 11.7. The summed E-state index contributed by atoms with van der Waals surface area (Å²) < 4.78 is 23.3. The van der Waals surface area contributed by atoms with Crippen molar-refractivity contribution >= 4 is 21.4 Å². The van der Waals surface area contributed by atoms with Crippen LogP contribution in [-0.4, -0.2) is 43.0 Å². The number of non-ortho nitro benzene ring substituents is 1. The van der Waals surface area contributed by atoms with Crippen LogP contribution in [0.1, 0.15) is 13.8 Å². The van der Waals surface area contributed by atoms with Gasteiger partial charge in [-0.2, -0.15) is 0 Å². The van der Waals surface area contributed by atoms with Crippen molar-refractivity contribution in [1.29, 1.82) is 0 Å². The monoisotopic (exact) mass is 300 g/mol. The topological polar surface area (TPSA) is 97.6 Å². The van der Waals surface area contributed by atoms with Crippen LogP contribution in [0.2, 0.25) is 0 Å². The predicted molar refractivity (Wildman–Crippen MR) is 73.1 cm³/mol. The third kappa shape index (κ3) is 2.64. The second-order valence-electron chi connectivity index (χ2n) is 4.97. The van der Waals surface area contributed by atoms with Gasteiger partial charge in [-0.25, -0.2) is 8.42 Å². The minimum atomic E-state index is -4.03. The summed E-state index contributed by atoms with van der Waals surface area (Å²) in [5.74, 6) is -0.594. The van der Waals surface area contributed by atoms with Crippen LogP contribution in [0.4, 0.5) is 5.69 Å². The number of amides is 1. The molecule has 1 amide bonds. The van der Waals surface area contributed by atoms with Crippen LogP contribution in [-0.2, 0) is 14.6 Å². The summed E-state index contributed by atoms with van der Waals surface area (Å²) in [6, 6.07) is 4.67. The van der Waals surface area contributed by atoms with Crippen LogP contribution in [0.15, 0.2) is 29.2 Å². The number of nitro benzene ring substituents is 1. The zero-order chi connectivity index (χ0) is 15.7. The van der Waals surface area contributed by atoms with Gasteiger partial charge < -0.3 is 4.90 Å². The number of benzene rings is 1. The van der Waals surface area contributed by atoms with Gasteiger partial charge in [0.1, 0.15) is 4.75 Å². The SMILES string of the molecule is CN(C)C(=O)C(C)(C)S(=O)(=O)c1cccc([N+](=O)[O-])c1. The van der Waals surface area contributed by atoms with E-state index < -0.39 is 25.4 Å². The quantitative estimate of drug-likeness (QED) is 0.615. The molecule has 0 fully saturated rings. The van der Waals surface area contributed by atoms with Crippen molar-refractivity contribution in [2.24, 2.45) is 0 Å². The molecule has 0 aliphatic rings.